The van der Waals surface area contributed by atoms with Crippen LogP contribution in [0.4, 0.5) is 5.69 Å². The van der Waals surface area contributed by atoms with E-state index >= 15 is 0 Å². The highest BCUT2D eigenvalue weighted by Gasteiger charge is 2.26. The molecule has 12 heteroatoms. The highest BCUT2D eigenvalue weighted by molar-refractivity contribution is 7.91. The number of aromatic nitrogens is 4. The Labute approximate surface area is 170 Å². The van der Waals surface area contributed by atoms with Gasteiger partial charge in [0.2, 0.25) is 20.9 Å². The van der Waals surface area contributed by atoms with Crippen molar-refractivity contribution in [2.45, 2.75) is 11.6 Å². The topological polar surface area (TPSA) is 125 Å². The number of anilines is 1. The maximum Gasteiger partial charge on any atom is 0.332 e. The van der Waals surface area contributed by atoms with Gasteiger partial charge in [0.25, 0.3) is 5.56 Å². The van der Waals surface area contributed by atoms with E-state index in [-0.39, 0.29) is 22.7 Å². The number of rotatable bonds is 5. The molecule has 0 fully saturated rings. The molecule has 29 heavy (non-hydrogen) atoms. The predicted octanol–water partition coefficient (Wildman–Crippen LogP) is 0.427. The first-order chi connectivity index (χ1) is 13.5. The van der Waals surface area contributed by atoms with Crippen LogP contribution in [0.3, 0.4) is 0 Å². The lowest BCUT2D eigenvalue weighted by Gasteiger charge is -2.07. The van der Waals surface area contributed by atoms with Gasteiger partial charge in [0.15, 0.2) is 11.2 Å². The molecule has 0 aliphatic carbocycles. The molecule has 0 aliphatic rings. The number of aryl methyl sites for hydroxylation is 2. The summed E-state index contributed by atoms with van der Waals surface area (Å²) in [5.41, 5.74) is -0.862. The minimum atomic E-state index is -4.00. The van der Waals surface area contributed by atoms with Gasteiger partial charge in [-0.15, -0.1) is 0 Å². The predicted molar refractivity (Wildman–Crippen MR) is 108 cm³/mol. The molecule has 0 spiro atoms. The molecule has 1 aromatic carbocycles. The highest BCUT2D eigenvalue weighted by atomic mass is 35.5. The average molecular weight is 440 g/mol. The number of nitrogens with zero attached hydrogens (tertiary/aromatic N) is 4. The molecule has 0 saturated heterocycles. The van der Waals surface area contributed by atoms with Crippen LogP contribution in [0.15, 0.2) is 39.0 Å². The van der Waals surface area contributed by atoms with E-state index in [1.54, 1.807) is 24.3 Å². The molecule has 0 unspecified atom stereocenters. The van der Waals surface area contributed by atoms with E-state index < -0.39 is 32.7 Å². The number of hydrogen-bond donors (Lipinski definition) is 1. The molecule has 0 aliphatic heterocycles. The average Bonchev–Trinajstić information content (AvgIpc) is 3.03. The van der Waals surface area contributed by atoms with E-state index in [1.165, 1.54) is 25.7 Å². The first-order valence-corrected chi connectivity index (χ1v) is 10.5. The van der Waals surface area contributed by atoms with Crippen molar-refractivity contribution in [2.75, 3.05) is 11.1 Å². The van der Waals surface area contributed by atoms with Gasteiger partial charge >= 0.3 is 5.69 Å². The van der Waals surface area contributed by atoms with Crippen molar-refractivity contribution < 1.29 is 13.2 Å². The van der Waals surface area contributed by atoms with Crippen molar-refractivity contribution in [1.82, 2.24) is 18.7 Å². The maximum atomic E-state index is 12.7. The number of fused-ring (bicyclic) bond motifs is 1. The number of amides is 1. The second-order valence-electron chi connectivity index (χ2n) is 6.46. The fraction of sp³-hybridized carbons (Fsp3) is 0.294. The summed E-state index contributed by atoms with van der Waals surface area (Å²) >= 11 is 5.78. The van der Waals surface area contributed by atoms with Gasteiger partial charge in [-0.1, -0.05) is 11.6 Å². The van der Waals surface area contributed by atoms with E-state index in [1.807, 2.05) is 0 Å². The Morgan fingerprint density at radius 2 is 1.69 bits per heavy atom. The Morgan fingerprint density at radius 3 is 2.31 bits per heavy atom. The van der Waals surface area contributed by atoms with Crippen LogP contribution in [-0.4, -0.2) is 38.8 Å². The third kappa shape index (κ3) is 3.83. The van der Waals surface area contributed by atoms with Gasteiger partial charge in [0, 0.05) is 38.3 Å². The van der Waals surface area contributed by atoms with Crippen molar-refractivity contribution in [2.24, 2.45) is 21.1 Å². The summed E-state index contributed by atoms with van der Waals surface area (Å²) in [5.74, 6) is -1.02. The van der Waals surface area contributed by atoms with E-state index in [0.29, 0.717) is 10.7 Å². The summed E-state index contributed by atoms with van der Waals surface area (Å²) in [6.07, 6.45) is -0.314. The summed E-state index contributed by atoms with van der Waals surface area (Å²) in [4.78, 5) is 40.4. The molecule has 2 aromatic heterocycles. The minimum absolute atomic E-state index is 0.0855. The molecule has 1 N–H and O–H groups in total. The normalized spacial score (nSPS) is 11.7. The van der Waals surface area contributed by atoms with E-state index in [4.69, 9.17) is 11.6 Å². The molecule has 3 aromatic rings. The number of imidazole rings is 1. The quantitative estimate of drug-likeness (QED) is 0.614. The van der Waals surface area contributed by atoms with Crippen LogP contribution in [0, 0.1) is 0 Å². The summed E-state index contributed by atoms with van der Waals surface area (Å²) in [7, 11) is 0.102. The molecule has 10 nitrogen and oxygen atoms in total. The number of sulfone groups is 1. The van der Waals surface area contributed by atoms with Gasteiger partial charge in [-0.3, -0.25) is 18.7 Å². The van der Waals surface area contributed by atoms with Gasteiger partial charge in [-0.25, -0.2) is 18.2 Å². The number of hydrogen-bond acceptors (Lipinski definition) is 6. The standard InChI is InChI=1S/C17H18ClN5O5S/c1-21-14-13(15(25)23(3)17(26)22(14)2)20-16(21)29(27,28)9-8-12(24)19-11-6-4-10(18)5-7-11/h4-7H,8-9H2,1-3H3,(H,19,24). The zero-order valence-electron chi connectivity index (χ0n) is 15.8. The van der Waals surface area contributed by atoms with Crippen molar-refractivity contribution >= 4 is 44.2 Å². The van der Waals surface area contributed by atoms with Crippen molar-refractivity contribution in [3.8, 4) is 0 Å². The molecule has 0 radical (unpaired) electrons. The summed E-state index contributed by atoms with van der Waals surface area (Å²) in [5, 5.41) is 2.70. The van der Waals surface area contributed by atoms with Gasteiger partial charge < -0.3 is 9.88 Å². The lowest BCUT2D eigenvalue weighted by atomic mass is 10.3. The van der Waals surface area contributed by atoms with E-state index in [9.17, 15) is 22.8 Å². The number of nitrogens with one attached hydrogen (secondary N) is 1. The highest BCUT2D eigenvalue weighted by Crippen LogP contribution is 2.17. The monoisotopic (exact) mass is 439 g/mol. The Hall–Kier alpha value is -2.92. The fourth-order valence-corrected chi connectivity index (χ4v) is 4.41. The zero-order valence-corrected chi connectivity index (χ0v) is 17.4. The second kappa shape index (κ2) is 7.48. The van der Waals surface area contributed by atoms with Crippen LogP contribution in [0.25, 0.3) is 11.2 Å². The second-order valence-corrected chi connectivity index (χ2v) is 8.89. The van der Waals surface area contributed by atoms with Crippen molar-refractivity contribution in [3.05, 3.63) is 50.1 Å². The molecule has 1 amide bonds. The van der Waals surface area contributed by atoms with E-state index in [2.05, 4.69) is 10.3 Å². The Kier molecular flexibility index (Phi) is 5.37. The minimum Gasteiger partial charge on any atom is -0.326 e. The van der Waals surface area contributed by atoms with Crippen LogP contribution in [0.5, 0.6) is 0 Å². The van der Waals surface area contributed by atoms with Crippen molar-refractivity contribution in [1.29, 1.82) is 0 Å². The van der Waals surface area contributed by atoms with Crippen LogP contribution >= 0.6 is 11.6 Å². The zero-order chi connectivity index (χ0) is 21.5. The summed E-state index contributed by atoms with van der Waals surface area (Å²) < 4.78 is 28.7. The largest absolute Gasteiger partial charge is 0.332 e. The summed E-state index contributed by atoms with van der Waals surface area (Å²) in [6, 6.07) is 6.38. The van der Waals surface area contributed by atoms with Crippen LogP contribution < -0.4 is 16.6 Å². The molecule has 2 heterocycles. The maximum absolute atomic E-state index is 12.7. The van der Waals surface area contributed by atoms with Gasteiger partial charge in [0.05, 0.1) is 5.75 Å². The molecular formula is C17H18ClN5O5S. The first-order valence-electron chi connectivity index (χ1n) is 8.43. The van der Waals surface area contributed by atoms with Gasteiger partial charge in [0.1, 0.15) is 0 Å². The van der Waals surface area contributed by atoms with Crippen LogP contribution in [0.2, 0.25) is 5.02 Å². The first kappa shape index (κ1) is 20.8. The molecule has 0 atom stereocenters. The lowest BCUT2D eigenvalue weighted by Crippen LogP contribution is -2.37. The van der Waals surface area contributed by atoms with Gasteiger partial charge in [-0.05, 0) is 24.3 Å². The Morgan fingerprint density at radius 1 is 1.07 bits per heavy atom. The summed E-state index contributed by atoms with van der Waals surface area (Å²) in [6.45, 7) is 0. The number of carbonyl (C=O) groups is 1. The van der Waals surface area contributed by atoms with Crippen molar-refractivity contribution in [3.63, 3.8) is 0 Å². The van der Waals surface area contributed by atoms with Gasteiger partial charge in [-0.2, -0.15) is 0 Å². The smallest absolute Gasteiger partial charge is 0.326 e. The molecule has 154 valence electrons. The van der Waals surface area contributed by atoms with Crippen LogP contribution in [-0.2, 0) is 35.8 Å². The third-order valence-electron chi connectivity index (χ3n) is 4.43. The number of halogens is 1. The number of benzene rings is 1. The lowest BCUT2D eigenvalue weighted by molar-refractivity contribution is -0.115. The molecular weight excluding hydrogens is 422 g/mol. The Balaban J connectivity index is 1.88. The molecule has 0 saturated carbocycles. The number of carbonyl (C=O) groups excluding carboxylic acids is 1. The third-order valence-corrected chi connectivity index (χ3v) is 6.34. The van der Waals surface area contributed by atoms with Crippen LogP contribution in [0.1, 0.15) is 6.42 Å². The van der Waals surface area contributed by atoms with E-state index in [0.717, 1.165) is 9.13 Å². The fourth-order valence-electron chi connectivity index (χ4n) is 2.91. The SMILES string of the molecule is Cn1c(=O)c2nc(S(=O)(=O)CCC(=O)Nc3ccc(Cl)cc3)n(C)c2n(C)c1=O. The molecule has 3 rings (SSSR count). The molecule has 0 bridgehead atoms. The Bertz CT molecular complexity index is 1340.